The second-order valence-electron chi connectivity index (χ2n) is 7.21. The molecule has 0 saturated carbocycles. The number of piperidine rings is 1. The zero-order valence-corrected chi connectivity index (χ0v) is 13.7. The predicted octanol–water partition coefficient (Wildman–Crippen LogP) is 1.21. The van der Waals surface area contributed by atoms with Crippen LogP contribution in [0.25, 0.3) is 0 Å². The van der Waals surface area contributed by atoms with Gasteiger partial charge in [-0.25, -0.2) is 4.79 Å². The molecule has 2 aliphatic rings. The van der Waals surface area contributed by atoms with Gasteiger partial charge in [-0.3, -0.25) is 4.79 Å². The lowest BCUT2D eigenvalue weighted by Crippen LogP contribution is -2.68. The number of hydrogen-bond donors (Lipinski definition) is 1. The Kier molecular flexibility index (Phi) is 4.19. The van der Waals surface area contributed by atoms with Crippen molar-refractivity contribution >= 4 is 12.0 Å². The van der Waals surface area contributed by atoms with Crippen molar-refractivity contribution < 1.29 is 14.3 Å². The number of nitrogens with one attached hydrogen (secondary N) is 1. The number of rotatable bonds is 0. The zero-order chi connectivity index (χ0) is 15.8. The third kappa shape index (κ3) is 3.31. The summed E-state index contributed by atoms with van der Waals surface area (Å²) in [5.41, 5.74) is -1.00. The monoisotopic (exact) mass is 297 g/mol. The Balaban J connectivity index is 2.05. The number of carbonyl (C=O) groups is 2. The molecule has 0 aliphatic carbocycles. The molecule has 6 heteroatoms. The fourth-order valence-corrected chi connectivity index (χ4v) is 3.20. The van der Waals surface area contributed by atoms with Gasteiger partial charge in [-0.1, -0.05) is 0 Å². The van der Waals surface area contributed by atoms with Gasteiger partial charge in [0.05, 0.1) is 0 Å². The summed E-state index contributed by atoms with van der Waals surface area (Å²) in [7, 11) is 1.84. The maximum Gasteiger partial charge on any atom is 0.410 e. The van der Waals surface area contributed by atoms with Gasteiger partial charge in [-0.2, -0.15) is 0 Å². The van der Waals surface area contributed by atoms with Crippen LogP contribution >= 0.6 is 0 Å². The topological polar surface area (TPSA) is 61.9 Å². The largest absolute Gasteiger partial charge is 0.444 e. The quantitative estimate of drug-likeness (QED) is 0.730. The first-order chi connectivity index (χ1) is 9.65. The van der Waals surface area contributed by atoms with E-state index in [0.29, 0.717) is 19.4 Å². The Morgan fingerprint density at radius 3 is 2.62 bits per heavy atom. The molecule has 6 nitrogen and oxygen atoms in total. The average Bonchev–Trinajstić information content (AvgIpc) is 2.34. The minimum absolute atomic E-state index is 0.0171. The standard InChI is InChI=1S/C15H27N3O3/c1-11-10-15(12(19)17(5)9-7-16-15)6-8-18(11)13(20)21-14(2,3)4/h11,16H,6-10H2,1-5H3. The first-order valence-electron chi connectivity index (χ1n) is 7.65. The van der Waals surface area contributed by atoms with Crippen molar-refractivity contribution in [1.82, 2.24) is 15.1 Å². The number of amides is 2. The first-order valence-corrected chi connectivity index (χ1v) is 7.65. The highest BCUT2D eigenvalue weighted by atomic mass is 16.6. The van der Waals surface area contributed by atoms with Gasteiger partial charge in [0.25, 0.3) is 0 Å². The van der Waals surface area contributed by atoms with E-state index in [1.165, 1.54) is 0 Å². The molecular formula is C15H27N3O3. The van der Waals surface area contributed by atoms with Crippen molar-refractivity contribution in [2.75, 3.05) is 26.7 Å². The Morgan fingerprint density at radius 2 is 2.05 bits per heavy atom. The van der Waals surface area contributed by atoms with Gasteiger partial charge in [0.1, 0.15) is 11.1 Å². The molecule has 2 heterocycles. The number of nitrogens with zero attached hydrogens (tertiary/aromatic N) is 2. The third-order valence-electron chi connectivity index (χ3n) is 4.25. The van der Waals surface area contributed by atoms with Gasteiger partial charge < -0.3 is 19.9 Å². The third-order valence-corrected chi connectivity index (χ3v) is 4.25. The SMILES string of the molecule is CC1CC2(CCN1C(=O)OC(C)(C)C)NCCN(C)C2=O. The summed E-state index contributed by atoms with van der Waals surface area (Å²) >= 11 is 0. The normalized spacial score (nSPS) is 30.7. The fraction of sp³-hybridized carbons (Fsp3) is 0.867. The number of piperazine rings is 1. The van der Waals surface area contributed by atoms with Crippen molar-refractivity contribution in [1.29, 1.82) is 0 Å². The molecule has 0 aromatic carbocycles. The number of ether oxygens (including phenoxy) is 1. The van der Waals surface area contributed by atoms with Crippen molar-refractivity contribution in [3.05, 3.63) is 0 Å². The van der Waals surface area contributed by atoms with E-state index in [2.05, 4.69) is 5.32 Å². The Morgan fingerprint density at radius 1 is 1.38 bits per heavy atom. The molecule has 1 spiro atoms. The molecule has 2 aliphatic heterocycles. The van der Waals surface area contributed by atoms with Crippen molar-refractivity contribution in [2.45, 2.75) is 57.7 Å². The summed E-state index contributed by atoms with van der Waals surface area (Å²) in [4.78, 5) is 28.2. The van der Waals surface area contributed by atoms with Crippen molar-refractivity contribution in [2.24, 2.45) is 0 Å². The highest BCUT2D eigenvalue weighted by Crippen LogP contribution is 2.31. The summed E-state index contributed by atoms with van der Waals surface area (Å²) < 4.78 is 5.44. The van der Waals surface area contributed by atoms with Crippen LogP contribution in [0.3, 0.4) is 0 Å². The van der Waals surface area contributed by atoms with Crippen LogP contribution in [0.15, 0.2) is 0 Å². The molecular weight excluding hydrogens is 270 g/mol. The predicted molar refractivity (Wildman–Crippen MR) is 80.0 cm³/mol. The molecule has 0 bridgehead atoms. The van der Waals surface area contributed by atoms with E-state index in [0.717, 1.165) is 13.1 Å². The van der Waals surface area contributed by atoms with Crippen LogP contribution in [-0.2, 0) is 9.53 Å². The summed E-state index contributed by atoms with van der Waals surface area (Å²) in [6.07, 6.45) is 0.983. The molecule has 0 radical (unpaired) electrons. The van der Waals surface area contributed by atoms with Crippen molar-refractivity contribution in [3.8, 4) is 0 Å². The Bertz CT molecular complexity index is 432. The second-order valence-corrected chi connectivity index (χ2v) is 7.21. The van der Waals surface area contributed by atoms with Crippen LogP contribution in [0.4, 0.5) is 4.79 Å². The highest BCUT2D eigenvalue weighted by molar-refractivity contribution is 5.87. The van der Waals surface area contributed by atoms with E-state index < -0.39 is 11.1 Å². The molecule has 2 saturated heterocycles. The van der Waals surface area contributed by atoms with E-state index in [-0.39, 0.29) is 18.0 Å². The molecule has 2 atom stereocenters. The van der Waals surface area contributed by atoms with Gasteiger partial charge >= 0.3 is 6.09 Å². The van der Waals surface area contributed by atoms with E-state index >= 15 is 0 Å². The average molecular weight is 297 g/mol. The lowest BCUT2D eigenvalue weighted by molar-refractivity contribution is -0.143. The van der Waals surface area contributed by atoms with Crippen LogP contribution in [-0.4, -0.2) is 65.7 Å². The molecule has 2 rings (SSSR count). The summed E-state index contributed by atoms with van der Waals surface area (Å²) in [6.45, 7) is 9.66. The molecule has 2 amide bonds. The number of carbonyl (C=O) groups excluding carboxylic acids is 2. The lowest BCUT2D eigenvalue weighted by Gasteiger charge is -2.48. The lowest BCUT2D eigenvalue weighted by atomic mass is 9.81. The smallest absolute Gasteiger partial charge is 0.410 e. The molecule has 21 heavy (non-hydrogen) atoms. The summed E-state index contributed by atoms with van der Waals surface area (Å²) in [6, 6.07) is -0.0171. The van der Waals surface area contributed by atoms with Gasteiger partial charge in [0.2, 0.25) is 5.91 Å². The number of likely N-dealkylation sites (N-methyl/N-ethyl adjacent to an activating group) is 1. The fourth-order valence-electron chi connectivity index (χ4n) is 3.20. The van der Waals surface area contributed by atoms with E-state index in [9.17, 15) is 9.59 Å². The minimum atomic E-state index is -0.509. The van der Waals surface area contributed by atoms with Crippen molar-refractivity contribution in [3.63, 3.8) is 0 Å². The van der Waals surface area contributed by atoms with Gasteiger partial charge in [-0.05, 0) is 40.5 Å². The van der Waals surface area contributed by atoms with E-state index in [1.807, 2.05) is 34.7 Å². The highest BCUT2D eigenvalue weighted by Gasteiger charge is 2.48. The van der Waals surface area contributed by atoms with E-state index in [4.69, 9.17) is 4.74 Å². The number of hydrogen-bond acceptors (Lipinski definition) is 4. The maximum atomic E-state index is 12.5. The molecule has 0 aromatic rings. The Hall–Kier alpha value is -1.30. The van der Waals surface area contributed by atoms with Gasteiger partial charge in [-0.15, -0.1) is 0 Å². The summed E-state index contributed by atoms with van der Waals surface area (Å²) in [5.74, 6) is 0.143. The van der Waals surface area contributed by atoms with E-state index in [1.54, 1.807) is 9.80 Å². The zero-order valence-electron chi connectivity index (χ0n) is 13.7. The molecule has 0 aromatic heterocycles. The second kappa shape index (κ2) is 5.48. The molecule has 2 fully saturated rings. The molecule has 2 unspecified atom stereocenters. The molecule has 1 N–H and O–H groups in total. The van der Waals surface area contributed by atoms with Crippen LogP contribution in [0.5, 0.6) is 0 Å². The summed E-state index contributed by atoms with van der Waals surface area (Å²) in [5, 5.41) is 3.38. The van der Waals surface area contributed by atoms with Gasteiger partial charge in [0, 0.05) is 32.7 Å². The van der Waals surface area contributed by atoms with Crippen LogP contribution in [0.2, 0.25) is 0 Å². The molecule has 120 valence electrons. The number of likely N-dealkylation sites (tertiary alicyclic amines) is 1. The van der Waals surface area contributed by atoms with Crippen LogP contribution < -0.4 is 5.32 Å². The maximum absolute atomic E-state index is 12.5. The minimum Gasteiger partial charge on any atom is -0.444 e. The van der Waals surface area contributed by atoms with Crippen LogP contribution in [0, 0.1) is 0 Å². The van der Waals surface area contributed by atoms with Crippen LogP contribution in [0.1, 0.15) is 40.5 Å². The first kappa shape index (κ1) is 16.1. The Labute approximate surface area is 126 Å². The van der Waals surface area contributed by atoms with Gasteiger partial charge in [0.15, 0.2) is 0 Å².